The number of urea groups is 1. The summed E-state index contributed by atoms with van der Waals surface area (Å²) in [6.07, 6.45) is 0.904. The lowest BCUT2D eigenvalue weighted by molar-refractivity contribution is -0.120. The molecular weight excluding hydrogens is 220 g/mol. The van der Waals surface area contributed by atoms with Crippen molar-refractivity contribution in [1.82, 2.24) is 15.5 Å². The first-order valence-electron chi connectivity index (χ1n) is 5.86. The van der Waals surface area contributed by atoms with Crippen LogP contribution in [0.2, 0.25) is 0 Å². The summed E-state index contributed by atoms with van der Waals surface area (Å²) in [5.74, 6) is -0.291. The molecule has 3 amide bonds. The number of rotatable bonds is 2. The highest BCUT2D eigenvalue weighted by Gasteiger charge is 2.22. The molecule has 1 fully saturated rings. The Bertz CT molecular complexity index is 298. The van der Waals surface area contributed by atoms with Gasteiger partial charge in [0, 0.05) is 24.7 Å². The minimum absolute atomic E-state index is 0.145. The van der Waals surface area contributed by atoms with Gasteiger partial charge < -0.3 is 11.1 Å². The minimum atomic E-state index is -0.453. The quantitative estimate of drug-likeness (QED) is 0.617. The van der Waals surface area contributed by atoms with Crippen molar-refractivity contribution in [2.45, 2.75) is 38.8 Å². The molecule has 1 heterocycles. The second-order valence-electron chi connectivity index (χ2n) is 5.54. The summed E-state index contributed by atoms with van der Waals surface area (Å²) < 4.78 is 0. The third-order valence-electron chi connectivity index (χ3n) is 2.42. The number of carbonyl (C=O) groups excluding carboxylic acids is 2. The fourth-order valence-corrected chi connectivity index (χ4v) is 1.75. The number of amides is 3. The first-order chi connectivity index (χ1) is 7.76. The highest BCUT2D eigenvalue weighted by Crippen LogP contribution is 2.05. The van der Waals surface area contributed by atoms with Crippen LogP contribution in [0.4, 0.5) is 4.79 Å². The van der Waals surface area contributed by atoms with Crippen molar-refractivity contribution in [3.8, 4) is 0 Å². The van der Waals surface area contributed by atoms with Gasteiger partial charge >= 0.3 is 6.03 Å². The van der Waals surface area contributed by atoms with Gasteiger partial charge in [-0.15, -0.1) is 0 Å². The zero-order chi connectivity index (χ0) is 13.1. The molecule has 1 rings (SSSR count). The van der Waals surface area contributed by atoms with Crippen LogP contribution in [0.3, 0.4) is 0 Å². The van der Waals surface area contributed by atoms with Crippen LogP contribution < -0.4 is 16.4 Å². The highest BCUT2D eigenvalue weighted by molar-refractivity contribution is 5.95. The first kappa shape index (κ1) is 13.9. The van der Waals surface area contributed by atoms with Crippen molar-refractivity contribution in [3.05, 3.63) is 0 Å². The van der Waals surface area contributed by atoms with E-state index < -0.39 is 6.03 Å². The summed E-state index contributed by atoms with van der Waals surface area (Å²) in [6, 6.07) is -0.308. The molecule has 1 aliphatic heterocycles. The van der Waals surface area contributed by atoms with E-state index in [1.165, 1.54) is 0 Å². The van der Waals surface area contributed by atoms with E-state index in [4.69, 9.17) is 5.73 Å². The molecule has 0 saturated carbocycles. The van der Waals surface area contributed by atoms with Crippen molar-refractivity contribution < 1.29 is 9.59 Å². The molecule has 6 heteroatoms. The summed E-state index contributed by atoms with van der Waals surface area (Å²) in [4.78, 5) is 24.9. The number of nitrogens with zero attached hydrogens (tertiary/aromatic N) is 1. The average molecular weight is 242 g/mol. The van der Waals surface area contributed by atoms with Gasteiger partial charge in [0.25, 0.3) is 0 Å². The van der Waals surface area contributed by atoms with Crippen LogP contribution in [0.5, 0.6) is 0 Å². The summed E-state index contributed by atoms with van der Waals surface area (Å²) >= 11 is 0. The number of hydrogen-bond donors (Lipinski definition) is 3. The molecule has 0 radical (unpaired) electrons. The maximum atomic E-state index is 11.5. The molecule has 1 saturated heterocycles. The predicted octanol–water partition coefficient (Wildman–Crippen LogP) is -0.356. The smallest absolute Gasteiger partial charge is 0.321 e. The molecule has 4 N–H and O–H groups in total. The van der Waals surface area contributed by atoms with E-state index in [9.17, 15) is 9.59 Å². The van der Waals surface area contributed by atoms with Crippen molar-refractivity contribution in [1.29, 1.82) is 0 Å². The Labute approximate surface area is 102 Å². The summed E-state index contributed by atoms with van der Waals surface area (Å²) in [7, 11) is 0. The molecule has 0 aromatic carbocycles. The van der Waals surface area contributed by atoms with Crippen molar-refractivity contribution in [3.63, 3.8) is 0 Å². The van der Waals surface area contributed by atoms with E-state index in [2.05, 4.69) is 10.6 Å². The van der Waals surface area contributed by atoms with Crippen LogP contribution in [-0.4, -0.2) is 48.1 Å². The van der Waals surface area contributed by atoms with Crippen LogP contribution >= 0.6 is 0 Å². The monoisotopic (exact) mass is 242 g/mol. The normalized spacial score (nSPS) is 21.3. The maximum Gasteiger partial charge on any atom is 0.321 e. The lowest BCUT2D eigenvalue weighted by atomic mass is 10.1. The van der Waals surface area contributed by atoms with Crippen LogP contribution in [0.1, 0.15) is 27.2 Å². The van der Waals surface area contributed by atoms with E-state index in [0.29, 0.717) is 6.54 Å². The molecule has 1 aliphatic rings. The van der Waals surface area contributed by atoms with Crippen LogP contribution in [0, 0.1) is 0 Å². The number of nitrogens with two attached hydrogens (primary N) is 1. The maximum absolute atomic E-state index is 11.5. The Morgan fingerprint density at radius 2 is 2.06 bits per heavy atom. The van der Waals surface area contributed by atoms with Gasteiger partial charge in [-0.1, -0.05) is 0 Å². The SMILES string of the molecule is CC(C)(C)NC(=O)NC(=O)CN1CC[C@H](N)C1. The van der Waals surface area contributed by atoms with Crippen LogP contribution in [0.15, 0.2) is 0 Å². The largest absolute Gasteiger partial charge is 0.333 e. The highest BCUT2D eigenvalue weighted by atomic mass is 16.2. The Balaban J connectivity index is 2.27. The van der Waals surface area contributed by atoms with E-state index in [-0.39, 0.29) is 24.0 Å². The van der Waals surface area contributed by atoms with Gasteiger partial charge in [-0.2, -0.15) is 0 Å². The topological polar surface area (TPSA) is 87.5 Å². The third-order valence-corrected chi connectivity index (χ3v) is 2.42. The average Bonchev–Trinajstić information content (AvgIpc) is 2.46. The summed E-state index contributed by atoms with van der Waals surface area (Å²) in [5.41, 5.74) is 5.39. The van der Waals surface area contributed by atoms with Gasteiger partial charge in [0.05, 0.1) is 6.54 Å². The Hall–Kier alpha value is -1.14. The van der Waals surface area contributed by atoms with Crippen molar-refractivity contribution >= 4 is 11.9 Å². The second-order valence-corrected chi connectivity index (χ2v) is 5.54. The summed E-state index contributed by atoms with van der Waals surface area (Å²) in [6.45, 7) is 7.33. The lowest BCUT2D eigenvalue weighted by Crippen LogP contribution is -2.50. The van der Waals surface area contributed by atoms with Gasteiger partial charge in [-0.25, -0.2) is 4.79 Å². The van der Waals surface area contributed by atoms with Gasteiger partial charge in [0.15, 0.2) is 0 Å². The van der Waals surface area contributed by atoms with Gasteiger partial charge in [-0.3, -0.25) is 15.0 Å². The Morgan fingerprint density at radius 1 is 1.41 bits per heavy atom. The first-order valence-corrected chi connectivity index (χ1v) is 5.86. The number of likely N-dealkylation sites (tertiary alicyclic amines) is 1. The van der Waals surface area contributed by atoms with E-state index >= 15 is 0 Å². The fraction of sp³-hybridized carbons (Fsp3) is 0.818. The predicted molar refractivity (Wildman–Crippen MR) is 65.5 cm³/mol. The molecule has 1 atom stereocenters. The van der Waals surface area contributed by atoms with Gasteiger partial charge in [0.1, 0.15) is 0 Å². The number of nitrogens with one attached hydrogen (secondary N) is 2. The molecule has 0 unspecified atom stereocenters. The van der Waals surface area contributed by atoms with E-state index in [0.717, 1.165) is 13.0 Å². The van der Waals surface area contributed by atoms with Crippen molar-refractivity contribution in [2.24, 2.45) is 5.73 Å². The second kappa shape index (κ2) is 5.46. The zero-order valence-corrected chi connectivity index (χ0v) is 10.7. The molecule has 17 heavy (non-hydrogen) atoms. The molecule has 0 aromatic rings. The standard InChI is InChI=1S/C11H22N4O2/c1-11(2,3)14-10(17)13-9(16)7-15-5-4-8(12)6-15/h8H,4-7,12H2,1-3H3,(H2,13,14,16,17)/t8-/m0/s1. The Morgan fingerprint density at radius 3 is 2.53 bits per heavy atom. The van der Waals surface area contributed by atoms with E-state index in [1.807, 2.05) is 25.7 Å². The molecule has 98 valence electrons. The molecular formula is C11H22N4O2. The number of imide groups is 1. The molecule has 0 aliphatic carbocycles. The number of carbonyl (C=O) groups is 2. The minimum Gasteiger partial charge on any atom is -0.333 e. The third kappa shape index (κ3) is 5.65. The lowest BCUT2D eigenvalue weighted by Gasteiger charge is -2.21. The summed E-state index contributed by atoms with van der Waals surface area (Å²) in [5, 5.41) is 4.98. The zero-order valence-electron chi connectivity index (χ0n) is 10.7. The van der Waals surface area contributed by atoms with Gasteiger partial charge in [-0.05, 0) is 27.2 Å². The fourth-order valence-electron chi connectivity index (χ4n) is 1.75. The van der Waals surface area contributed by atoms with Crippen LogP contribution in [-0.2, 0) is 4.79 Å². The van der Waals surface area contributed by atoms with Crippen molar-refractivity contribution in [2.75, 3.05) is 19.6 Å². The van der Waals surface area contributed by atoms with Gasteiger partial charge in [0.2, 0.25) is 5.91 Å². The molecule has 0 aromatic heterocycles. The van der Waals surface area contributed by atoms with E-state index in [1.54, 1.807) is 0 Å². The number of hydrogen-bond acceptors (Lipinski definition) is 4. The Kier molecular flexibility index (Phi) is 4.47. The molecule has 0 spiro atoms. The van der Waals surface area contributed by atoms with Crippen LogP contribution in [0.25, 0.3) is 0 Å². The molecule has 0 bridgehead atoms. The molecule has 6 nitrogen and oxygen atoms in total.